The lowest BCUT2D eigenvalue weighted by molar-refractivity contribution is 0.394. The Labute approximate surface area is 95.3 Å². The van der Waals surface area contributed by atoms with Gasteiger partial charge in [-0.3, -0.25) is 0 Å². The van der Waals surface area contributed by atoms with E-state index in [-0.39, 0.29) is 17.6 Å². The fourth-order valence-corrected chi connectivity index (χ4v) is 2.56. The summed E-state index contributed by atoms with van der Waals surface area (Å²) < 4.78 is 13.7. The van der Waals surface area contributed by atoms with Gasteiger partial charge < -0.3 is 10.8 Å². The molecule has 0 amide bonds. The van der Waals surface area contributed by atoms with Crippen molar-refractivity contribution in [2.45, 2.75) is 38.6 Å². The van der Waals surface area contributed by atoms with Crippen LogP contribution in [0.1, 0.15) is 42.9 Å². The minimum atomic E-state index is -0.387. The molecule has 1 aromatic rings. The first-order valence-electron chi connectivity index (χ1n) is 5.85. The van der Waals surface area contributed by atoms with Gasteiger partial charge in [-0.05, 0) is 37.3 Å². The fourth-order valence-electron chi connectivity index (χ4n) is 2.56. The van der Waals surface area contributed by atoms with Crippen molar-refractivity contribution in [3.8, 4) is 5.75 Å². The van der Waals surface area contributed by atoms with Gasteiger partial charge in [0, 0.05) is 11.6 Å². The highest BCUT2D eigenvalue weighted by molar-refractivity contribution is 5.42. The number of hydrogen-bond donors (Lipinski definition) is 2. The highest BCUT2D eigenvalue weighted by Gasteiger charge is 2.27. The van der Waals surface area contributed by atoms with Crippen LogP contribution in [0.5, 0.6) is 5.75 Å². The molecule has 2 rings (SSSR count). The number of aryl methyl sites for hydroxylation is 1. The minimum Gasteiger partial charge on any atom is -0.507 e. The highest BCUT2D eigenvalue weighted by atomic mass is 19.1. The Morgan fingerprint density at radius 1 is 1.38 bits per heavy atom. The van der Waals surface area contributed by atoms with Crippen molar-refractivity contribution in [3.63, 3.8) is 0 Å². The maximum atomic E-state index is 13.7. The number of rotatable bonds is 2. The lowest BCUT2D eigenvalue weighted by Gasteiger charge is -2.21. The molecule has 2 nitrogen and oxygen atoms in total. The number of aromatic hydroxyl groups is 1. The molecule has 88 valence electrons. The molecular formula is C13H18FNO. The zero-order valence-electron chi connectivity index (χ0n) is 9.54. The second kappa shape index (κ2) is 4.42. The van der Waals surface area contributed by atoms with E-state index in [1.807, 2.05) is 0 Å². The third-order valence-corrected chi connectivity index (χ3v) is 3.61. The van der Waals surface area contributed by atoms with Gasteiger partial charge in [-0.25, -0.2) is 4.39 Å². The number of hydrogen-bond acceptors (Lipinski definition) is 2. The summed E-state index contributed by atoms with van der Waals surface area (Å²) in [7, 11) is 0. The summed E-state index contributed by atoms with van der Waals surface area (Å²) in [6.45, 7) is 1.76. The molecule has 1 aliphatic rings. The molecule has 0 bridgehead atoms. The van der Waals surface area contributed by atoms with Gasteiger partial charge in [0.2, 0.25) is 0 Å². The average molecular weight is 223 g/mol. The van der Waals surface area contributed by atoms with E-state index in [1.54, 1.807) is 13.0 Å². The van der Waals surface area contributed by atoms with Gasteiger partial charge in [0.05, 0.1) is 0 Å². The predicted octanol–water partition coefficient (Wildman–Crippen LogP) is 3.03. The first-order valence-corrected chi connectivity index (χ1v) is 5.85. The van der Waals surface area contributed by atoms with Gasteiger partial charge in [0.1, 0.15) is 11.6 Å². The summed E-state index contributed by atoms with van der Waals surface area (Å²) in [5.74, 6) is -0.0518. The van der Waals surface area contributed by atoms with Gasteiger partial charge in [-0.1, -0.05) is 18.9 Å². The minimum absolute atomic E-state index is 0.0272. The van der Waals surface area contributed by atoms with Gasteiger partial charge >= 0.3 is 0 Å². The largest absolute Gasteiger partial charge is 0.507 e. The maximum Gasteiger partial charge on any atom is 0.131 e. The second-order valence-electron chi connectivity index (χ2n) is 4.70. The molecule has 1 aliphatic carbocycles. The highest BCUT2D eigenvalue weighted by Crippen LogP contribution is 2.39. The van der Waals surface area contributed by atoms with E-state index < -0.39 is 0 Å². The molecule has 1 aromatic carbocycles. The maximum absolute atomic E-state index is 13.7. The molecule has 1 saturated carbocycles. The first-order chi connectivity index (χ1) is 7.61. The Kier molecular flexibility index (Phi) is 3.15. The molecule has 0 aromatic heterocycles. The molecule has 16 heavy (non-hydrogen) atoms. The van der Waals surface area contributed by atoms with Gasteiger partial charge in [0.25, 0.3) is 0 Å². The fraction of sp³-hybridized carbons (Fsp3) is 0.538. The van der Waals surface area contributed by atoms with Crippen LogP contribution in [0.2, 0.25) is 0 Å². The van der Waals surface area contributed by atoms with Crippen LogP contribution in [-0.2, 0) is 0 Å². The Hall–Kier alpha value is -1.09. The predicted molar refractivity (Wildman–Crippen MR) is 61.7 cm³/mol. The van der Waals surface area contributed by atoms with E-state index in [0.717, 1.165) is 25.7 Å². The third-order valence-electron chi connectivity index (χ3n) is 3.61. The van der Waals surface area contributed by atoms with Crippen molar-refractivity contribution in [1.82, 2.24) is 0 Å². The second-order valence-corrected chi connectivity index (χ2v) is 4.70. The molecule has 1 fully saturated rings. The van der Waals surface area contributed by atoms with Crippen molar-refractivity contribution in [2.24, 2.45) is 11.7 Å². The molecule has 0 spiro atoms. The van der Waals surface area contributed by atoms with Crippen LogP contribution >= 0.6 is 0 Å². The molecule has 1 atom stereocenters. The monoisotopic (exact) mass is 223 g/mol. The standard InChI is InChI=1S/C13H18FNO/c1-8-6-7-10(14)11(13(8)16)12(15)9-4-2-3-5-9/h6-7,9,12,16H,2-5,15H2,1H3/t12-/m0/s1. The van der Waals surface area contributed by atoms with Crippen molar-refractivity contribution < 1.29 is 9.50 Å². The van der Waals surface area contributed by atoms with Crippen LogP contribution in [0.4, 0.5) is 4.39 Å². The van der Waals surface area contributed by atoms with Crippen molar-refractivity contribution in [3.05, 3.63) is 29.1 Å². The third kappa shape index (κ3) is 1.92. The Balaban J connectivity index is 2.34. The van der Waals surface area contributed by atoms with Crippen molar-refractivity contribution in [1.29, 1.82) is 0 Å². The quantitative estimate of drug-likeness (QED) is 0.809. The van der Waals surface area contributed by atoms with Crippen LogP contribution in [0.25, 0.3) is 0 Å². The van der Waals surface area contributed by atoms with Crippen LogP contribution in [0.15, 0.2) is 12.1 Å². The van der Waals surface area contributed by atoms with E-state index in [1.165, 1.54) is 6.07 Å². The molecular weight excluding hydrogens is 205 g/mol. The van der Waals surface area contributed by atoms with Crippen LogP contribution in [0, 0.1) is 18.7 Å². The van der Waals surface area contributed by atoms with E-state index >= 15 is 0 Å². The Bertz CT molecular complexity index is 386. The number of benzene rings is 1. The van der Waals surface area contributed by atoms with E-state index in [4.69, 9.17) is 5.73 Å². The molecule has 0 heterocycles. The number of phenols is 1. The van der Waals surface area contributed by atoms with Crippen LogP contribution in [0.3, 0.4) is 0 Å². The first kappa shape index (κ1) is 11.4. The van der Waals surface area contributed by atoms with Crippen molar-refractivity contribution >= 4 is 0 Å². The molecule has 0 unspecified atom stereocenters. The number of halogens is 1. The van der Waals surface area contributed by atoms with Crippen molar-refractivity contribution in [2.75, 3.05) is 0 Å². The number of phenolic OH excluding ortho intramolecular Hbond substituents is 1. The average Bonchev–Trinajstić information content (AvgIpc) is 2.77. The van der Waals surface area contributed by atoms with Gasteiger partial charge in [-0.15, -0.1) is 0 Å². The topological polar surface area (TPSA) is 46.2 Å². The van der Waals surface area contributed by atoms with E-state index in [9.17, 15) is 9.50 Å². The SMILES string of the molecule is Cc1ccc(F)c([C@@H](N)C2CCCC2)c1O. The Morgan fingerprint density at radius 2 is 2.00 bits per heavy atom. The summed E-state index contributed by atoms with van der Waals surface area (Å²) in [4.78, 5) is 0. The lowest BCUT2D eigenvalue weighted by atomic mass is 9.90. The molecule has 3 N–H and O–H groups in total. The summed E-state index contributed by atoms with van der Waals surface area (Å²) in [6.07, 6.45) is 4.39. The molecule has 3 heteroatoms. The summed E-state index contributed by atoms with van der Waals surface area (Å²) in [6, 6.07) is 2.59. The molecule has 0 radical (unpaired) electrons. The lowest BCUT2D eigenvalue weighted by Crippen LogP contribution is -2.20. The number of nitrogens with two attached hydrogens (primary N) is 1. The zero-order chi connectivity index (χ0) is 11.7. The normalized spacial score (nSPS) is 18.9. The summed E-state index contributed by atoms with van der Waals surface area (Å²) in [5.41, 5.74) is 7.05. The molecule has 0 saturated heterocycles. The summed E-state index contributed by atoms with van der Waals surface area (Å²) >= 11 is 0. The van der Waals surface area contributed by atoms with E-state index in [0.29, 0.717) is 17.0 Å². The van der Waals surface area contributed by atoms with Gasteiger partial charge in [-0.2, -0.15) is 0 Å². The summed E-state index contributed by atoms with van der Waals surface area (Å²) in [5, 5.41) is 9.89. The van der Waals surface area contributed by atoms with Crippen LogP contribution < -0.4 is 5.73 Å². The zero-order valence-corrected chi connectivity index (χ0v) is 9.54. The smallest absolute Gasteiger partial charge is 0.131 e. The van der Waals surface area contributed by atoms with E-state index in [2.05, 4.69) is 0 Å². The Morgan fingerprint density at radius 3 is 2.62 bits per heavy atom. The van der Waals surface area contributed by atoms with Gasteiger partial charge in [0.15, 0.2) is 0 Å². The molecule has 0 aliphatic heterocycles. The van der Waals surface area contributed by atoms with Crippen LogP contribution in [-0.4, -0.2) is 5.11 Å².